The van der Waals surface area contributed by atoms with Gasteiger partial charge in [0, 0.05) is 36.9 Å². The number of hydrogen-bond acceptors (Lipinski definition) is 5. The molecule has 0 spiro atoms. The Morgan fingerprint density at radius 3 is 2.82 bits per heavy atom. The van der Waals surface area contributed by atoms with Gasteiger partial charge in [0.05, 0.1) is 11.0 Å². The lowest BCUT2D eigenvalue weighted by Gasteiger charge is -2.21. The van der Waals surface area contributed by atoms with Crippen molar-refractivity contribution in [2.75, 3.05) is 24.7 Å². The summed E-state index contributed by atoms with van der Waals surface area (Å²) in [6, 6.07) is 8.13. The van der Waals surface area contributed by atoms with Gasteiger partial charge >= 0.3 is 0 Å². The fourth-order valence-corrected chi connectivity index (χ4v) is 5.01. The van der Waals surface area contributed by atoms with Gasteiger partial charge in [-0.25, -0.2) is 4.39 Å². The van der Waals surface area contributed by atoms with Gasteiger partial charge in [-0.05, 0) is 67.6 Å². The Bertz CT molecular complexity index is 1490. The molecule has 1 saturated heterocycles. The van der Waals surface area contributed by atoms with Crippen molar-refractivity contribution in [3.63, 3.8) is 0 Å². The van der Waals surface area contributed by atoms with Crippen molar-refractivity contribution >= 4 is 28.3 Å². The predicted octanol–water partition coefficient (Wildman–Crippen LogP) is 3.12. The first-order valence-corrected chi connectivity index (χ1v) is 11.1. The van der Waals surface area contributed by atoms with Gasteiger partial charge in [0.1, 0.15) is 11.6 Å². The van der Waals surface area contributed by atoms with Crippen LogP contribution < -0.4 is 10.5 Å². The summed E-state index contributed by atoms with van der Waals surface area (Å²) in [4.78, 5) is 30.8. The maximum absolute atomic E-state index is 13.6. The van der Waals surface area contributed by atoms with E-state index in [1.54, 1.807) is 17.0 Å². The van der Waals surface area contributed by atoms with Crippen molar-refractivity contribution in [1.82, 2.24) is 19.6 Å². The monoisotopic (exact) mass is 447 g/mol. The zero-order valence-corrected chi connectivity index (χ0v) is 18.1. The topological polar surface area (TPSA) is 92.6 Å². The minimum atomic E-state index is -0.349. The average molecular weight is 447 g/mol. The summed E-state index contributed by atoms with van der Waals surface area (Å²) < 4.78 is 20.9. The molecular weight excluding hydrogens is 425 g/mol. The Morgan fingerprint density at radius 1 is 1.18 bits per heavy atom. The highest BCUT2D eigenvalue weighted by Crippen LogP contribution is 2.32. The molecule has 9 heteroatoms. The minimum absolute atomic E-state index is 0.155. The van der Waals surface area contributed by atoms with Gasteiger partial charge in [-0.3, -0.25) is 14.0 Å². The molecule has 0 aliphatic carbocycles. The molecule has 8 nitrogen and oxygen atoms in total. The lowest BCUT2D eigenvalue weighted by molar-refractivity contribution is 0.0834. The number of benzene rings is 2. The largest absolute Gasteiger partial charge is 0.381 e. The van der Waals surface area contributed by atoms with Crippen LogP contribution in [-0.2, 0) is 11.2 Å². The Kier molecular flexibility index (Phi) is 4.55. The van der Waals surface area contributed by atoms with Crippen molar-refractivity contribution in [2.45, 2.75) is 32.1 Å². The van der Waals surface area contributed by atoms with E-state index >= 15 is 0 Å². The molecule has 0 atom stereocenters. The third-order valence-electron chi connectivity index (χ3n) is 6.72. The number of fused-ring (bicyclic) bond motifs is 4. The number of aromatic amines is 1. The van der Waals surface area contributed by atoms with Crippen LogP contribution in [0.2, 0.25) is 0 Å². The highest BCUT2D eigenvalue weighted by Gasteiger charge is 2.28. The molecule has 0 saturated carbocycles. The number of aryl methyl sites for hydroxylation is 1. The van der Waals surface area contributed by atoms with Crippen LogP contribution in [0.25, 0.3) is 16.7 Å². The normalized spacial score (nSPS) is 16.6. The zero-order valence-electron chi connectivity index (χ0n) is 18.1. The van der Waals surface area contributed by atoms with Crippen LogP contribution in [0.3, 0.4) is 0 Å². The lowest BCUT2D eigenvalue weighted by Crippen LogP contribution is -2.29. The van der Waals surface area contributed by atoms with Crippen molar-refractivity contribution in [3.8, 4) is 0 Å². The lowest BCUT2D eigenvalue weighted by atomic mass is 9.99. The van der Waals surface area contributed by atoms with E-state index in [0.29, 0.717) is 37.3 Å². The number of aromatic nitrogens is 4. The summed E-state index contributed by atoms with van der Waals surface area (Å²) in [5.41, 5.74) is 4.03. The molecule has 2 aliphatic rings. The molecular formula is C24H22FN5O3. The number of halogens is 1. The Hall–Kier alpha value is -3.59. The van der Waals surface area contributed by atoms with Crippen molar-refractivity contribution in [1.29, 1.82) is 0 Å². The van der Waals surface area contributed by atoms with Gasteiger partial charge in [-0.1, -0.05) is 0 Å². The number of carbonyl (C=O) groups is 1. The average Bonchev–Trinajstić information content (AvgIpc) is 3.44. The first-order chi connectivity index (χ1) is 16.0. The van der Waals surface area contributed by atoms with E-state index in [9.17, 15) is 14.0 Å². The van der Waals surface area contributed by atoms with E-state index in [-0.39, 0.29) is 28.8 Å². The summed E-state index contributed by atoms with van der Waals surface area (Å²) >= 11 is 0. The van der Waals surface area contributed by atoms with E-state index < -0.39 is 0 Å². The van der Waals surface area contributed by atoms with Crippen molar-refractivity contribution in [2.24, 2.45) is 0 Å². The first-order valence-electron chi connectivity index (χ1n) is 11.1. The van der Waals surface area contributed by atoms with Gasteiger partial charge in [-0.15, -0.1) is 10.2 Å². The van der Waals surface area contributed by atoms with Crippen molar-refractivity contribution < 1.29 is 13.9 Å². The predicted molar refractivity (Wildman–Crippen MR) is 120 cm³/mol. The molecule has 168 valence electrons. The quantitative estimate of drug-likeness (QED) is 0.510. The highest BCUT2D eigenvalue weighted by atomic mass is 19.1. The summed E-state index contributed by atoms with van der Waals surface area (Å²) in [6.07, 6.45) is 2.25. The molecule has 1 N–H and O–H groups in total. The van der Waals surface area contributed by atoms with Crippen LogP contribution in [0.4, 0.5) is 10.1 Å². The second-order valence-electron chi connectivity index (χ2n) is 8.72. The molecule has 6 rings (SSSR count). The second-order valence-corrected chi connectivity index (χ2v) is 8.72. The molecule has 1 amide bonds. The van der Waals surface area contributed by atoms with Gasteiger partial charge < -0.3 is 14.6 Å². The Labute approximate surface area is 188 Å². The van der Waals surface area contributed by atoms with Crippen molar-refractivity contribution in [3.05, 3.63) is 69.0 Å². The number of carbonyl (C=O) groups excluding carboxylic acids is 1. The van der Waals surface area contributed by atoms with Gasteiger partial charge in [-0.2, -0.15) is 0 Å². The van der Waals surface area contributed by atoms with Gasteiger partial charge in [0.2, 0.25) is 5.65 Å². The standard InChI is InChI=1S/C24H22FN5O3/c1-13-10-20-18(12-17(13)24(32)29-7-4-15-11-16(25)2-3-19(15)29)26-23(31)22-28-27-21(30(20)22)14-5-8-33-9-6-14/h2-3,10-12,14H,4-9H2,1H3,(H,26,31). The van der Waals surface area contributed by atoms with Crippen LogP contribution in [0.1, 0.15) is 46.1 Å². The number of ether oxygens (including phenoxy) is 1. The van der Waals surface area contributed by atoms with E-state index in [2.05, 4.69) is 15.2 Å². The van der Waals surface area contributed by atoms with Crippen LogP contribution >= 0.6 is 0 Å². The third-order valence-corrected chi connectivity index (χ3v) is 6.72. The summed E-state index contributed by atoms with van der Waals surface area (Å²) in [7, 11) is 0. The maximum atomic E-state index is 13.6. The van der Waals surface area contributed by atoms with E-state index in [1.165, 1.54) is 12.1 Å². The number of nitrogens with zero attached hydrogens (tertiary/aromatic N) is 4. The maximum Gasteiger partial charge on any atom is 0.294 e. The molecule has 1 fully saturated rings. The summed E-state index contributed by atoms with van der Waals surface area (Å²) in [6.45, 7) is 3.67. The van der Waals surface area contributed by atoms with Crippen LogP contribution in [0.5, 0.6) is 0 Å². The zero-order chi connectivity index (χ0) is 22.7. The molecule has 2 aromatic carbocycles. The third kappa shape index (κ3) is 3.14. The fourth-order valence-electron chi connectivity index (χ4n) is 5.01. The van der Waals surface area contributed by atoms with Crippen LogP contribution in [-0.4, -0.2) is 45.2 Å². The molecule has 2 aliphatic heterocycles. The van der Waals surface area contributed by atoms with E-state index in [0.717, 1.165) is 41.0 Å². The van der Waals surface area contributed by atoms with Crippen LogP contribution in [0, 0.1) is 12.7 Å². The fraction of sp³-hybridized carbons (Fsp3) is 0.333. The number of amides is 1. The van der Waals surface area contributed by atoms with Gasteiger partial charge in [0.25, 0.3) is 11.5 Å². The second kappa shape index (κ2) is 7.48. The Morgan fingerprint density at radius 2 is 2.00 bits per heavy atom. The summed E-state index contributed by atoms with van der Waals surface area (Å²) in [5, 5.41) is 8.49. The van der Waals surface area contributed by atoms with E-state index in [4.69, 9.17) is 4.74 Å². The van der Waals surface area contributed by atoms with E-state index in [1.807, 2.05) is 17.4 Å². The molecule has 4 heterocycles. The highest BCUT2D eigenvalue weighted by molar-refractivity contribution is 6.09. The number of H-pyrrole nitrogens is 1. The Balaban J connectivity index is 1.48. The molecule has 0 radical (unpaired) electrons. The minimum Gasteiger partial charge on any atom is -0.381 e. The SMILES string of the molecule is Cc1cc2c(cc1C(=O)N1CCc3cc(F)ccc31)[nH]c(=O)c1nnc(C3CCOCC3)n12. The van der Waals surface area contributed by atoms with Gasteiger partial charge in [0.15, 0.2) is 0 Å². The number of hydrogen-bond donors (Lipinski definition) is 1. The molecule has 0 bridgehead atoms. The first kappa shape index (κ1) is 20.0. The molecule has 33 heavy (non-hydrogen) atoms. The molecule has 2 aromatic heterocycles. The van der Waals surface area contributed by atoms with Crippen LogP contribution in [0.15, 0.2) is 35.1 Å². The summed E-state index contributed by atoms with van der Waals surface area (Å²) in [5.74, 6) is 0.426. The number of anilines is 1. The molecule has 4 aromatic rings. The number of rotatable bonds is 2. The molecule has 0 unspecified atom stereocenters. The smallest absolute Gasteiger partial charge is 0.294 e. The number of nitrogens with one attached hydrogen (secondary N) is 1.